The van der Waals surface area contributed by atoms with Crippen molar-refractivity contribution in [1.29, 1.82) is 0 Å². The van der Waals surface area contributed by atoms with Crippen molar-refractivity contribution in [2.45, 2.75) is 44.6 Å². The topological polar surface area (TPSA) is 65.2 Å². The molecule has 2 heterocycles. The van der Waals surface area contributed by atoms with E-state index < -0.39 is 10.2 Å². The molecular weight excluding hydrogens is 322 g/mol. The normalized spacial score (nSPS) is 23.5. The van der Waals surface area contributed by atoms with Gasteiger partial charge in [-0.2, -0.15) is 12.7 Å². The van der Waals surface area contributed by atoms with Gasteiger partial charge in [-0.15, -0.1) is 0 Å². The number of fused-ring (bicyclic) bond motifs is 3. The van der Waals surface area contributed by atoms with Crippen LogP contribution in [0.2, 0.25) is 0 Å². The smallest absolute Gasteiger partial charge is 0.279 e. The van der Waals surface area contributed by atoms with Gasteiger partial charge in [0.05, 0.1) is 6.04 Å². The SMILES string of the molecule is CNS(=O)(=O)N1CCc2c([nH]c3ccccc23)C1C1CCCCC1. The van der Waals surface area contributed by atoms with Crippen LogP contribution in [0.15, 0.2) is 24.3 Å². The number of para-hydroxylation sites is 1. The average molecular weight is 347 g/mol. The molecule has 1 saturated carbocycles. The van der Waals surface area contributed by atoms with Crippen LogP contribution in [0.4, 0.5) is 0 Å². The Morgan fingerprint density at radius 3 is 2.67 bits per heavy atom. The Morgan fingerprint density at radius 1 is 1.17 bits per heavy atom. The summed E-state index contributed by atoms with van der Waals surface area (Å²) in [6.07, 6.45) is 6.64. The second kappa shape index (κ2) is 6.17. The number of nitrogens with one attached hydrogen (secondary N) is 2. The van der Waals surface area contributed by atoms with E-state index in [9.17, 15) is 8.42 Å². The summed E-state index contributed by atoms with van der Waals surface area (Å²) in [6, 6.07) is 8.25. The molecule has 1 aromatic heterocycles. The number of H-pyrrole nitrogens is 1. The Kier molecular flexibility index (Phi) is 4.14. The summed E-state index contributed by atoms with van der Waals surface area (Å²) >= 11 is 0. The van der Waals surface area contributed by atoms with Crippen molar-refractivity contribution in [2.24, 2.45) is 5.92 Å². The molecule has 5 nitrogen and oxygen atoms in total. The highest BCUT2D eigenvalue weighted by molar-refractivity contribution is 7.87. The minimum atomic E-state index is -3.44. The molecule has 1 unspecified atom stereocenters. The molecule has 1 aliphatic heterocycles. The maximum atomic E-state index is 12.6. The van der Waals surface area contributed by atoms with Gasteiger partial charge in [-0.1, -0.05) is 37.5 Å². The third-order valence-electron chi connectivity index (χ3n) is 5.70. The van der Waals surface area contributed by atoms with Gasteiger partial charge in [0.2, 0.25) is 0 Å². The zero-order chi connectivity index (χ0) is 16.7. The molecule has 1 fully saturated rings. The first kappa shape index (κ1) is 16.1. The average Bonchev–Trinajstić information content (AvgIpc) is 3.00. The van der Waals surface area contributed by atoms with E-state index >= 15 is 0 Å². The first-order chi connectivity index (χ1) is 11.6. The van der Waals surface area contributed by atoms with E-state index in [1.54, 1.807) is 4.31 Å². The van der Waals surface area contributed by atoms with E-state index in [1.165, 1.54) is 37.3 Å². The third-order valence-corrected chi connectivity index (χ3v) is 7.24. The summed E-state index contributed by atoms with van der Waals surface area (Å²) in [5.74, 6) is 0.397. The van der Waals surface area contributed by atoms with Crippen molar-refractivity contribution in [1.82, 2.24) is 14.0 Å². The lowest BCUT2D eigenvalue weighted by Crippen LogP contribution is -2.47. The molecule has 24 heavy (non-hydrogen) atoms. The maximum Gasteiger partial charge on any atom is 0.279 e. The van der Waals surface area contributed by atoms with Gasteiger partial charge in [0.1, 0.15) is 0 Å². The zero-order valence-corrected chi connectivity index (χ0v) is 14.9. The number of hydrogen-bond donors (Lipinski definition) is 2. The number of rotatable bonds is 3. The van der Waals surface area contributed by atoms with Gasteiger partial charge in [0.15, 0.2) is 0 Å². The molecule has 4 rings (SSSR count). The molecule has 1 aliphatic carbocycles. The fourth-order valence-electron chi connectivity index (χ4n) is 4.56. The Balaban J connectivity index is 1.85. The monoisotopic (exact) mass is 347 g/mol. The summed E-state index contributed by atoms with van der Waals surface area (Å²) in [7, 11) is -1.93. The van der Waals surface area contributed by atoms with Crippen molar-refractivity contribution in [3.8, 4) is 0 Å². The van der Waals surface area contributed by atoms with Gasteiger partial charge < -0.3 is 4.98 Å². The molecule has 1 aromatic carbocycles. The first-order valence-electron chi connectivity index (χ1n) is 8.91. The number of aromatic nitrogens is 1. The fraction of sp³-hybridized carbons (Fsp3) is 0.556. The number of nitrogens with zero attached hydrogens (tertiary/aromatic N) is 1. The molecule has 2 N–H and O–H groups in total. The van der Waals surface area contributed by atoms with Crippen LogP contribution in [0.1, 0.15) is 49.4 Å². The second-order valence-electron chi connectivity index (χ2n) is 6.98. The van der Waals surface area contributed by atoms with E-state index in [1.807, 2.05) is 6.07 Å². The van der Waals surface area contributed by atoms with E-state index in [2.05, 4.69) is 27.9 Å². The number of aromatic amines is 1. The molecule has 0 radical (unpaired) electrons. The predicted molar refractivity (Wildman–Crippen MR) is 96.0 cm³/mol. The van der Waals surface area contributed by atoms with E-state index in [0.29, 0.717) is 12.5 Å². The van der Waals surface area contributed by atoms with Crippen molar-refractivity contribution in [3.05, 3.63) is 35.5 Å². The van der Waals surface area contributed by atoms with Crippen LogP contribution >= 0.6 is 0 Å². The largest absolute Gasteiger partial charge is 0.357 e. The highest BCUT2D eigenvalue weighted by Crippen LogP contribution is 2.44. The first-order valence-corrected chi connectivity index (χ1v) is 10.4. The van der Waals surface area contributed by atoms with Gasteiger partial charge in [0, 0.05) is 30.2 Å². The molecule has 0 spiro atoms. The molecule has 2 aromatic rings. The van der Waals surface area contributed by atoms with Crippen LogP contribution in [-0.4, -0.2) is 31.3 Å². The van der Waals surface area contributed by atoms with Gasteiger partial charge in [-0.3, -0.25) is 0 Å². The van der Waals surface area contributed by atoms with Crippen molar-refractivity contribution >= 4 is 21.1 Å². The zero-order valence-electron chi connectivity index (χ0n) is 14.1. The van der Waals surface area contributed by atoms with Gasteiger partial charge >= 0.3 is 0 Å². The highest BCUT2D eigenvalue weighted by Gasteiger charge is 2.41. The highest BCUT2D eigenvalue weighted by atomic mass is 32.2. The van der Waals surface area contributed by atoms with Crippen molar-refractivity contribution < 1.29 is 8.42 Å². The molecule has 6 heteroatoms. The number of hydrogen-bond acceptors (Lipinski definition) is 2. The maximum absolute atomic E-state index is 12.6. The summed E-state index contributed by atoms with van der Waals surface area (Å²) in [4.78, 5) is 3.56. The molecule has 130 valence electrons. The Labute approximate surface area is 143 Å². The fourth-order valence-corrected chi connectivity index (χ4v) is 5.70. The lowest BCUT2D eigenvalue weighted by atomic mass is 9.80. The lowest BCUT2D eigenvalue weighted by molar-refractivity contribution is 0.179. The molecular formula is C18H25N3O2S. The minimum absolute atomic E-state index is 0.0705. The standard InChI is InChI=1S/C18H25N3O2S/c1-19-24(22,23)21-12-11-15-14-9-5-6-10-16(14)20-17(15)18(21)13-7-3-2-4-8-13/h5-6,9-10,13,18-20H,2-4,7-8,11-12H2,1H3. The molecule has 1 atom stereocenters. The lowest BCUT2D eigenvalue weighted by Gasteiger charge is -2.40. The third kappa shape index (κ3) is 2.57. The molecule has 0 amide bonds. The molecule has 0 saturated heterocycles. The summed E-state index contributed by atoms with van der Waals surface area (Å²) in [6.45, 7) is 0.555. The van der Waals surface area contributed by atoms with Gasteiger partial charge in [-0.25, -0.2) is 4.72 Å². The second-order valence-corrected chi connectivity index (χ2v) is 8.80. The quantitative estimate of drug-likeness (QED) is 0.896. The summed E-state index contributed by atoms with van der Waals surface area (Å²) in [5, 5.41) is 1.25. The Hall–Kier alpha value is -1.37. The van der Waals surface area contributed by atoms with Crippen LogP contribution in [0.3, 0.4) is 0 Å². The molecule has 2 aliphatic rings. The number of benzene rings is 1. The van der Waals surface area contributed by atoms with Crippen molar-refractivity contribution in [3.63, 3.8) is 0 Å². The summed E-state index contributed by atoms with van der Waals surface area (Å²) in [5.41, 5.74) is 3.55. The summed E-state index contributed by atoms with van der Waals surface area (Å²) < 4.78 is 29.5. The van der Waals surface area contributed by atoms with Gasteiger partial charge in [-0.05, 0) is 36.8 Å². The van der Waals surface area contributed by atoms with Crippen LogP contribution < -0.4 is 4.72 Å². The van der Waals surface area contributed by atoms with Crippen LogP contribution in [0.25, 0.3) is 10.9 Å². The van der Waals surface area contributed by atoms with Crippen LogP contribution in [0.5, 0.6) is 0 Å². The van der Waals surface area contributed by atoms with Gasteiger partial charge in [0.25, 0.3) is 10.2 Å². The predicted octanol–water partition coefficient (Wildman–Crippen LogP) is 3.11. The Bertz CT molecular complexity index is 837. The van der Waals surface area contributed by atoms with E-state index in [4.69, 9.17) is 0 Å². The Morgan fingerprint density at radius 2 is 1.92 bits per heavy atom. The van der Waals surface area contributed by atoms with Crippen LogP contribution in [0, 0.1) is 5.92 Å². The minimum Gasteiger partial charge on any atom is -0.357 e. The molecule has 0 bridgehead atoms. The van der Waals surface area contributed by atoms with E-state index in [0.717, 1.165) is 30.5 Å². The van der Waals surface area contributed by atoms with Crippen LogP contribution in [-0.2, 0) is 16.6 Å². The van der Waals surface area contributed by atoms with E-state index in [-0.39, 0.29) is 6.04 Å². The van der Waals surface area contributed by atoms with Crippen molar-refractivity contribution in [2.75, 3.05) is 13.6 Å².